The first-order valence-corrected chi connectivity index (χ1v) is 6.62. The highest BCUT2D eigenvalue weighted by atomic mass is 79.9. The smallest absolute Gasteiger partial charge is 0.237 e. The van der Waals surface area contributed by atoms with Crippen LogP contribution in [0.1, 0.15) is 38.5 Å². The number of pyridine rings is 1. The fourth-order valence-corrected chi connectivity index (χ4v) is 2.41. The molecule has 1 heterocycles. The van der Waals surface area contributed by atoms with Gasteiger partial charge in [-0.3, -0.25) is 0 Å². The molecular formula is C12H17BrN2O. The van der Waals surface area contributed by atoms with Crippen LogP contribution < -0.4 is 10.5 Å². The summed E-state index contributed by atoms with van der Waals surface area (Å²) >= 11 is 3.34. The number of halogens is 1. The van der Waals surface area contributed by atoms with Crippen LogP contribution in [0.15, 0.2) is 16.7 Å². The molecule has 16 heavy (non-hydrogen) atoms. The van der Waals surface area contributed by atoms with E-state index < -0.39 is 0 Å². The van der Waals surface area contributed by atoms with Gasteiger partial charge in [0.15, 0.2) is 0 Å². The molecule has 1 aromatic heterocycles. The zero-order chi connectivity index (χ0) is 11.4. The van der Waals surface area contributed by atoms with Crippen LogP contribution >= 0.6 is 15.9 Å². The van der Waals surface area contributed by atoms with E-state index in [1.165, 1.54) is 25.7 Å². The summed E-state index contributed by atoms with van der Waals surface area (Å²) in [5, 5.41) is 0. The lowest BCUT2D eigenvalue weighted by Gasteiger charge is -2.17. The van der Waals surface area contributed by atoms with Crippen LogP contribution in [0.5, 0.6) is 5.88 Å². The Balaban J connectivity index is 2.01. The van der Waals surface area contributed by atoms with Gasteiger partial charge in [0.2, 0.25) is 5.88 Å². The molecule has 0 aliphatic heterocycles. The van der Waals surface area contributed by atoms with Crippen molar-refractivity contribution in [3.8, 4) is 5.88 Å². The number of hydrogen-bond donors (Lipinski definition) is 1. The van der Waals surface area contributed by atoms with Crippen molar-refractivity contribution in [2.75, 3.05) is 5.73 Å². The zero-order valence-corrected chi connectivity index (χ0v) is 10.9. The summed E-state index contributed by atoms with van der Waals surface area (Å²) in [7, 11) is 0. The largest absolute Gasteiger partial charge is 0.473 e. The predicted molar refractivity (Wildman–Crippen MR) is 68.5 cm³/mol. The lowest BCUT2D eigenvalue weighted by Crippen LogP contribution is -2.16. The summed E-state index contributed by atoms with van der Waals surface area (Å²) in [6.07, 6.45) is 9.41. The Morgan fingerprint density at radius 2 is 1.94 bits per heavy atom. The van der Waals surface area contributed by atoms with E-state index in [0.29, 0.717) is 17.7 Å². The van der Waals surface area contributed by atoms with Crippen LogP contribution in [0.2, 0.25) is 0 Å². The molecule has 2 N–H and O–H groups in total. The first-order valence-electron chi connectivity index (χ1n) is 5.83. The summed E-state index contributed by atoms with van der Waals surface area (Å²) in [4.78, 5) is 4.21. The van der Waals surface area contributed by atoms with Gasteiger partial charge in [-0.15, -0.1) is 0 Å². The Morgan fingerprint density at radius 1 is 1.25 bits per heavy atom. The first-order chi connectivity index (χ1) is 7.75. The molecule has 0 atom stereocenters. The van der Waals surface area contributed by atoms with Crippen molar-refractivity contribution in [1.82, 2.24) is 4.98 Å². The van der Waals surface area contributed by atoms with E-state index in [2.05, 4.69) is 20.9 Å². The van der Waals surface area contributed by atoms with Gasteiger partial charge in [-0.05, 0) is 47.7 Å². The lowest BCUT2D eigenvalue weighted by molar-refractivity contribution is 0.177. The SMILES string of the molecule is Nc1cc(Br)cnc1OC1CCCCCC1. The third-order valence-corrected chi connectivity index (χ3v) is 3.36. The average Bonchev–Trinajstić information content (AvgIpc) is 2.51. The Morgan fingerprint density at radius 3 is 2.56 bits per heavy atom. The Bertz CT molecular complexity index is 349. The minimum Gasteiger partial charge on any atom is -0.473 e. The normalized spacial score (nSPS) is 18.1. The number of aromatic nitrogens is 1. The minimum absolute atomic E-state index is 0.290. The topological polar surface area (TPSA) is 48.1 Å². The molecule has 0 spiro atoms. The van der Waals surface area contributed by atoms with Gasteiger partial charge in [-0.1, -0.05) is 12.8 Å². The van der Waals surface area contributed by atoms with Gasteiger partial charge in [0.25, 0.3) is 0 Å². The summed E-state index contributed by atoms with van der Waals surface area (Å²) in [5.41, 5.74) is 6.47. The second kappa shape index (κ2) is 5.53. The molecule has 1 aliphatic carbocycles. The van der Waals surface area contributed by atoms with Crippen LogP contribution in [-0.2, 0) is 0 Å². The van der Waals surface area contributed by atoms with E-state index >= 15 is 0 Å². The van der Waals surface area contributed by atoms with Crippen molar-refractivity contribution < 1.29 is 4.74 Å². The van der Waals surface area contributed by atoms with Crippen molar-refractivity contribution in [2.45, 2.75) is 44.6 Å². The van der Waals surface area contributed by atoms with Crippen molar-refractivity contribution >= 4 is 21.6 Å². The minimum atomic E-state index is 0.290. The van der Waals surface area contributed by atoms with Crippen LogP contribution in [0, 0.1) is 0 Å². The standard InChI is InChI=1S/C12H17BrN2O/c13-9-7-11(14)12(15-8-9)16-10-5-3-1-2-4-6-10/h7-8,10H,1-6,14H2. The maximum Gasteiger partial charge on any atom is 0.237 e. The number of nitrogens with zero attached hydrogens (tertiary/aromatic N) is 1. The molecule has 0 bridgehead atoms. The predicted octanol–water partition coefficient (Wildman–Crippen LogP) is 3.53. The van der Waals surface area contributed by atoms with Gasteiger partial charge in [0.05, 0.1) is 5.69 Å². The molecule has 4 heteroatoms. The molecule has 0 saturated heterocycles. The van der Waals surface area contributed by atoms with E-state index in [4.69, 9.17) is 10.5 Å². The number of rotatable bonds is 2. The number of hydrogen-bond acceptors (Lipinski definition) is 3. The molecule has 0 amide bonds. The average molecular weight is 285 g/mol. The highest BCUT2D eigenvalue weighted by Gasteiger charge is 2.15. The summed E-state index contributed by atoms with van der Waals surface area (Å²) in [5.74, 6) is 0.579. The summed E-state index contributed by atoms with van der Waals surface area (Å²) in [6.45, 7) is 0. The fraction of sp³-hybridized carbons (Fsp3) is 0.583. The third kappa shape index (κ3) is 3.11. The van der Waals surface area contributed by atoms with E-state index in [1.807, 2.05) is 6.07 Å². The van der Waals surface area contributed by atoms with Gasteiger partial charge in [-0.2, -0.15) is 0 Å². The Hall–Kier alpha value is -0.770. The summed E-state index contributed by atoms with van der Waals surface area (Å²) < 4.78 is 6.75. The van der Waals surface area contributed by atoms with Gasteiger partial charge in [0.1, 0.15) is 6.10 Å². The van der Waals surface area contributed by atoms with Crippen molar-refractivity contribution in [1.29, 1.82) is 0 Å². The van der Waals surface area contributed by atoms with Crippen LogP contribution in [0.3, 0.4) is 0 Å². The van der Waals surface area contributed by atoms with Gasteiger partial charge < -0.3 is 10.5 Å². The number of anilines is 1. The van der Waals surface area contributed by atoms with E-state index in [9.17, 15) is 0 Å². The molecular weight excluding hydrogens is 268 g/mol. The fourth-order valence-electron chi connectivity index (χ4n) is 2.06. The van der Waals surface area contributed by atoms with Gasteiger partial charge in [-0.25, -0.2) is 4.98 Å². The molecule has 1 aliphatic rings. The van der Waals surface area contributed by atoms with Crippen LogP contribution in [-0.4, -0.2) is 11.1 Å². The van der Waals surface area contributed by atoms with Crippen molar-refractivity contribution in [3.05, 3.63) is 16.7 Å². The molecule has 2 rings (SSSR count). The monoisotopic (exact) mass is 284 g/mol. The number of nitrogens with two attached hydrogens (primary N) is 1. The van der Waals surface area contributed by atoms with Gasteiger partial charge >= 0.3 is 0 Å². The maximum atomic E-state index is 5.86. The highest BCUT2D eigenvalue weighted by Crippen LogP contribution is 2.26. The van der Waals surface area contributed by atoms with Crippen molar-refractivity contribution in [3.63, 3.8) is 0 Å². The quantitative estimate of drug-likeness (QED) is 0.846. The molecule has 1 aromatic rings. The van der Waals surface area contributed by atoms with Crippen molar-refractivity contribution in [2.24, 2.45) is 0 Å². The molecule has 0 aromatic carbocycles. The second-order valence-electron chi connectivity index (χ2n) is 4.28. The number of nitrogen functional groups attached to an aromatic ring is 1. The molecule has 3 nitrogen and oxygen atoms in total. The second-order valence-corrected chi connectivity index (χ2v) is 5.20. The Labute approximate surface area is 105 Å². The first kappa shape index (κ1) is 11.7. The van der Waals surface area contributed by atoms with E-state index in [1.54, 1.807) is 6.20 Å². The van der Waals surface area contributed by atoms with Gasteiger partial charge in [0, 0.05) is 10.7 Å². The highest BCUT2D eigenvalue weighted by molar-refractivity contribution is 9.10. The molecule has 1 saturated carbocycles. The number of ether oxygens (including phenoxy) is 1. The summed E-state index contributed by atoms with van der Waals surface area (Å²) in [6, 6.07) is 1.83. The van der Waals surface area contributed by atoms with E-state index in [-0.39, 0.29) is 0 Å². The molecule has 0 radical (unpaired) electrons. The van der Waals surface area contributed by atoms with Crippen LogP contribution in [0.4, 0.5) is 5.69 Å². The molecule has 1 fully saturated rings. The zero-order valence-electron chi connectivity index (χ0n) is 9.29. The lowest BCUT2D eigenvalue weighted by atomic mass is 10.1. The van der Waals surface area contributed by atoms with Crippen LogP contribution in [0.25, 0.3) is 0 Å². The third-order valence-electron chi connectivity index (χ3n) is 2.93. The Kier molecular flexibility index (Phi) is 4.04. The van der Waals surface area contributed by atoms with E-state index in [0.717, 1.165) is 17.3 Å². The maximum absolute atomic E-state index is 5.86. The molecule has 0 unspecified atom stereocenters. The molecule has 88 valence electrons.